The summed E-state index contributed by atoms with van der Waals surface area (Å²) in [5, 5.41) is 13.5. The van der Waals surface area contributed by atoms with Crippen molar-refractivity contribution in [3.63, 3.8) is 0 Å². The summed E-state index contributed by atoms with van der Waals surface area (Å²) in [7, 11) is 0. The Morgan fingerprint density at radius 2 is 1.73 bits per heavy atom. The van der Waals surface area contributed by atoms with Gasteiger partial charge in [-0.15, -0.1) is 11.3 Å². The number of nitrogens with zero attached hydrogens (tertiary/aromatic N) is 3. The maximum atomic E-state index is 16.2. The smallest absolute Gasteiger partial charge is 0.278 e. The third-order valence-electron chi connectivity index (χ3n) is 8.21. The molecule has 41 heavy (non-hydrogen) atoms. The van der Waals surface area contributed by atoms with Crippen LogP contribution in [0.25, 0.3) is 31.7 Å². The van der Waals surface area contributed by atoms with Crippen LogP contribution < -0.4 is 10.4 Å². The van der Waals surface area contributed by atoms with E-state index in [1.54, 1.807) is 11.0 Å². The molecular formula is C31H21F2N3O4S. The number of amides is 1. The number of aromatic nitrogens is 1. The number of carbonyl (C=O) groups excluding carboxylic acids is 1. The van der Waals surface area contributed by atoms with Crippen LogP contribution in [0.1, 0.15) is 27.7 Å². The molecule has 0 spiro atoms. The average Bonchev–Trinajstić information content (AvgIpc) is 3.32. The van der Waals surface area contributed by atoms with Gasteiger partial charge in [-0.25, -0.2) is 8.78 Å². The van der Waals surface area contributed by atoms with Crippen molar-refractivity contribution in [3.05, 3.63) is 112 Å². The molecule has 204 valence electrons. The van der Waals surface area contributed by atoms with Crippen LogP contribution >= 0.6 is 11.3 Å². The Bertz CT molecular complexity index is 1990. The topological polar surface area (TPSA) is 75.0 Å². The first-order valence-electron chi connectivity index (χ1n) is 13.2. The van der Waals surface area contributed by atoms with Crippen LogP contribution in [-0.2, 0) is 4.74 Å². The average molecular weight is 570 g/mol. The lowest BCUT2D eigenvalue weighted by Gasteiger charge is -2.51. The highest BCUT2D eigenvalue weighted by atomic mass is 32.1. The fraction of sp³-hybridized carbons (Fsp3) is 0.161. The largest absolute Gasteiger partial charge is 0.502 e. The van der Waals surface area contributed by atoms with Gasteiger partial charge in [0.1, 0.15) is 6.17 Å². The zero-order valence-electron chi connectivity index (χ0n) is 21.4. The van der Waals surface area contributed by atoms with Gasteiger partial charge >= 0.3 is 0 Å². The van der Waals surface area contributed by atoms with Crippen molar-refractivity contribution in [2.75, 3.05) is 24.8 Å². The third kappa shape index (κ3) is 3.25. The van der Waals surface area contributed by atoms with Gasteiger partial charge in [-0.05, 0) is 28.8 Å². The van der Waals surface area contributed by atoms with Gasteiger partial charge in [0.05, 0.1) is 19.3 Å². The summed E-state index contributed by atoms with van der Waals surface area (Å²) in [4.78, 5) is 28.5. The summed E-state index contributed by atoms with van der Waals surface area (Å²) in [6, 6.07) is 18.5. The highest BCUT2D eigenvalue weighted by Crippen LogP contribution is 2.54. The van der Waals surface area contributed by atoms with Crippen LogP contribution in [0, 0.1) is 11.6 Å². The summed E-state index contributed by atoms with van der Waals surface area (Å²) in [6.07, 6.45) is 0.789. The fourth-order valence-corrected chi connectivity index (χ4v) is 7.71. The summed E-state index contributed by atoms with van der Waals surface area (Å²) >= 11 is 1.51. The minimum Gasteiger partial charge on any atom is -0.502 e. The van der Waals surface area contributed by atoms with Crippen molar-refractivity contribution < 1.29 is 23.4 Å². The Balaban J connectivity index is 1.51. The van der Waals surface area contributed by atoms with Crippen LogP contribution in [0.5, 0.6) is 5.75 Å². The summed E-state index contributed by atoms with van der Waals surface area (Å²) in [5.74, 6) is -3.09. The number of morpholine rings is 1. The van der Waals surface area contributed by atoms with Gasteiger partial charge in [0, 0.05) is 44.9 Å². The molecule has 10 heteroatoms. The maximum absolute atomic E-state index is 16.2. The van der Waals surface area contributed by atoms with Crippen molar-refractivity contribution in [1.29, 1.82) is 0 Å². The van der Waals surface area contributed by atoms with Crippen LogP contribution in [0.3, 0.4) is 0 Å². The van der Waals surface area contributed by atoms with Gasteiger partial charge in [0.15, 0.2) is 23.1 Å². The van der Waals surface area contributed by atoms with Crippen molar-refractivity contribution in [1.82, 2.24) is 9.58 Å². The minimum absolute atomic E-state index is 0.139. The van der Waals surface area contributed by atoms with Gasteiger partial charge in [0.2, 0.25) is 5.43 Å². The van der Waals surface area contributed by atoms with E-state index in [0.717, 1.165) is 32.2 Å². The number of carbonyl (C=O) groups is 1. The van der Waals surface area contributed by atoms with E-state index >= 15 is 8.78 Å². The second kappa shape index (κ2) is 8.73. The number of benzene rings is 3. The van der Waals surface area contributed by atoms with Gasteiger partial charge in [-0.1, -0.05) is 48.5 Å². The van der Waals surface area contributed by atoms with E-state index in [4.69, 9.17) is 4.74 Å². The number of hydrogen-bond acceptors (Lipinski definition) is 6. The Morgan fingerprint density at radius 3 is 2.61 bits per heavy atom. The minimum atomic E-state index is -0.965. The summed E-state index contributed by atoms with van der Waals surface area (Å²) in [6.45, 7) is 0.662. The van der Waals surface area contributed by atoms with Gasteiger partial charge in [-0.3, -0.25) is 19.3 Å². The molecule has 2 aromatic heterocycles. The molecule has 3 aromatic carbocycles. The first-order valence-corrected chi connectivity index (χ1v) is 14.0. The van der Waals surface area contributed by atoms with E-state index in [1.807, 2.05) is 53.5 Å². The lowest BCUT2D eigenvalue weighted by atomic mass is 9.91. The molecule has 5 aromatic rings. The number of rotatable bonds is 1. The van der Waals surface area contributed by atoms with Crippen molar-refractivity contribution in [2.24, 2.45) is 0 Å². The predicted octanol–water partition coefficient (Wildman–Crippen LogP) is 5.23. The second-order valence-electron chi connectivity index (χ2n) is 10.3. The number of ether oxygens (including phenoxy) is 1. The SMILES string of the molecule is O=C1c2c(O)c(=O)ccn2N([C@@H]2c3ccccc3-c3sc4ccccc4c3-c3c2ccc(F)c3F)[C@@H]2COCCN12. The van der Waals surface area contributed by atoms with Gasteiger partial charge < -0.3 is 14.7 Å². The van der Waals surface area contributed by atoms with E-state index < -0.39 is 40.9 Å². The van der Waals surface area contributed by atoms with Crippen molar-refractivity contribution in [3.8, 4) is 27.3 Å². The molecule has 1 N–H and O–H groups in total. The van der Waals surface area contributed by atoms with Gasteiger partial charge in [0.25, 0.3) is 5.91 Å². The summed E-state index contributed by atoms with van der Waals surface area (Å²) in [5.41, 5.74) is 2.03. The van der Waals surface area contributed by atoms with E-state index in [9.17, 15) is 14.7 Å². The van der Waals surface area contributed by atoms with E-state index in [1.165, 1.54) is 28.3 Å². The van der Waals surface area contributed by atoms with E-state index in [2.05, 4.69) is 0 Å². The lowest BCUT2D eigenvalue weighted by Crippen LogP contribution is -2.66. The lowest BCUT2D eigenvalue weighted by molar-refractivity contribution is -0.0196. The van der Waals surface area contributed by atoms with Crippen molar-refractivity contribution >= 4 is 27.3 Å². The normalized spacial score (nSPS) is 19.2. The number of aromatic hydroxyl groups is 1. The highest BCUT2D eigenvalue weighted by Gasteiger charge is 2.47. The molecule has 0 bridgehead atoms. The van der Waals surface area contributed by atoms with Crippen LogP contribution in [-0.4, -0.2) is 46.5 Å². The number of halogens is 2. The summed E-state index contributed by atoms with van der Waals surface area (Å²) < 4.78 is 39.5. The molecule has 1 saturated heterocycles. The quantitative estimate of drug-likeness (QED) is 0.299. The zero-order chi connectivity index (χ0) is 28.0. The Kier molecular flexibility index (Phi) is 5.17. The molecule has 0 unspecified atom stereocenters. The molecule has 2 atom stereocenters. The molecular weight excluding hydrogens is 548 g/mol. The van der Waals surface area contributed by atoms with Crippen LogP contribution in [0.2, 0.25) is 0 Å². The van der Waals surface area contributed by atoms with Gasteiger partial charge in [-0.2, -0.15) is 0 Å². The second-order valence-corrected chi connectivity index (χ2v) is 11.3. The molecule has 4 heterocycles. The molecule has 0 radical (unpaired) electrons. The van der Waals surface area contributed by atoms with E-state index in [-0.39, 0.29) is 31.0 Å². The Labute approximate surface area is 236 Å². The number of pyridine rings is 1. The fourth-order valence-electron chi connectivity index (χ4n) is 6.46. The highest BCUT2D eigenvalue weighted by molar-refractivity contribution is 7.23. The van der Waals surface area contributed by atoms with Crippen LogP contribution in [0.4, 0.5) is 8.78 Å². The Morgan fingerprint density at radius 1 is 0.927 bits per heavy atom. The number of fused-ring (bicyclic) bond motifs is 9. The molecule has 3 aliphatic rings. The Hall–Kier alpha value is -4.54. The number of hydrogen-bond donors (Lipinski definition) is 1. The monoisotopic (exact) mass is 569 g/mol. The predicted molar refractivity (Wildman–Crippen MR) is 151 cm³/mol. The molecule has 1 aliphatic carbocycles. The first-order chi connectivity index (χ1) is 20.0. The molecule has 7 nitrogen and oxygen atoms in total. The molecule has 0 saturated carbocycles. The molecule has 1 fully saturated rings. The molecule has 8 rings (SSSR count). The molecule has 2 aliphatic heterocycles. The van der Waals surface area contributed by atoms with E-state index in [0.29, 0.717) is 11.1 Å². The van der Waals surface area contributed by atoms with Crippen molar-refractivity contribution in [2.45, 2.75) is 12.2 Å². The first kappa shape index (κ1) is 24.3. The third-order valence-corrected chi connectivity index (χ3v) is 9.41. The molecule has 1 amide bonds. The standard InChI is InChI=1S/C31H21F2N3O4S/c32-20-10-9-19-24(26(20)33)25-18-7-3-4-8-22(18)41-30(25)17-6-2-1-5-16(17)27(19)36-23-15-40-14-13-34(23)31(39)28-29(38)21(37)11-12-35(28)36/h1-12,23,27,38H,13-15H2/t23-,27-/m1/s1. The number of thiophene rings is 1. The van der Waals surface area contributed by atoms with Crippen LogP contribution in [0.15, 0.2) is 77.7 Å². The maximum Gasteiger partial charge on any atom is 0.278 e. The zero-order valence-corrected chi connectivity index (χ0v) is 22.2.